The van der Waals surface area contributed by atoms with E-state index < -0.39 is 36.9 Å². The van der Waals surface area contributed by atoms with E-state index in [1.54, 1.807) is 0 Å². The molecule has 4 atom stereocenters. The minimum absolute atomic E-state index is 0.371. The van der Waals surface area contributed by atoms with Crippen molar-refractivity contribution in [1.29, 1.82) is 0 Å². The number of allylic oxidation sites excluding steroid dienone is 4. The van der Waals surface area contributed by atoms with Crippen molar-refractivity contribution in [2.75, 3.05) is 6.61 Å². The molecule has 0 aliphatic rings. The van der Waals surface area contributed by atoms with Gasteiger partial charge in [0.2, 0.25) is 5.91 Å². The molecule has 6 nitrogen and oxygen atoms in total. The van der Waals surface area contributed by atoms with Crippen molar-refractivity contribution < 1.29 is 25.2 Å². The zero-order valence-electron chi connectivity index (χ0n) is 38.1. The third-order valence-electron chi connectivity index (χ3n) is 11.9. The van der Waals surface area contributed by atoms with Crippen LogP contribution >= 0.6 is 0 Å². The van der Waals surface area contributed by atoms with E-state index in [9.17, 15) is 25.2 Å². The molecule has 0 aromatic heterocycles. The molecule has 0 heterocycles. The molecule has 0 aliphatic carbocycles. The monoisotopic (exact) mass is 806 g/mol. The van der Waals surface area contributed by atoms with Gasteiger partial charge in [-0.25, -0.2) is 0 Å². The molecule has 4 unspecified atom stereocenters. The highest BCUT2D eigenvalue weighted by molar-refractivity contribution is 5.80. The summed E-state index contributed by atoms with van der Waals surface area (Å²) < 4.78 is 0. The lowest BCUT2D eigenvalue weighted by Crippen LogP contribution is -2.53. The molecule has 6 heteroatoms. The Morgan fingerprint density at radius 3 is 1.11 bits per heavy atom. The van der Waals surface area contributed by atoms with Crippen LogP contribution in [0.2, 0.25) is 0 Å². The first kappa shape index (κ1) is 55.8. The quantitative estimate of drug-likeness (QED) is 0.0311. The lowest BCUT2D eigenvalue weighted by molar-refractivity contribution is -0.132. The van der Waals surface area contributed by atoms with Gasteiger partial charge >= 0.3 is 0 Å². The molecule has 0 spiro atoms. The van der Waals surface area contributed by atoms with Crippen LogP contribution in [-0.2, 0) is 4.79 Å². The summed E-state index contributed by atoms with van der Waals surface area (Å²) in [4.78, 5) is 12.5. The van der Waals surface area contributed by atoms with E-state index >= 15 is 0 Å². The molecule has 0 radical (unpaired) electrons. The van der Waals surface area contributed by atoms with Crippen molar-refractivity contribution in [3.05, 3.63) is 24.3 Å². The van der Waals surface area contributed by atoms with E-state index in [-0.39, 0.29) is 0 Å². The van der Waals surface area contributed by atoms with Crippen molar-refractivity contribution in [2.24, 2.45) is 0 Å². The number of nitrogens with one attached hydrogen (secondary N) is 1. The van der Waals surface area contributed by atoms with Crippen LogP contribution in [0, 0.1) is 0 Å². The maximum atomic E-state index is 12.5. The van der Waals surface area contributed by atoms with E-state index in [4.69, 9.17) is 0 Å². The molecule has 0 fully saturated rings. The molecule has 1 amide bonds. The average Bonchev–Trinajstić information content (AvgIpc) is 3.22. The maximum Gasteiger partial charge on any atom is 0.249 e. The first-order valence-electron chi connectivity index (χ1n) is 25.2. The summed E-state index contributed by atoms with van der Waals surface area (Å²) in [7, 11) is 0. The van der Waals surface area contributed by atoms with Gasteiger partial charge in [-0.15, -0.1) is 0 Å². The molecule has 0 aromatic carbocycles. The zero-order chi connectivity index (χ0) is 41.7. The van der Waals surface area contributed by atoms with Crippen molar-refractivity contribution in [3.63, 3.8) is 0 Å². The molecule has 0 saturated heterocycles. The summed E-state index contributed by atoms with van der Waals surface area (Å²) in [5.41, 5.74) is 0. The van der Waals surface area contributed by atoms with Crippen molar-refractivity contribution in [1.82, 2.24) is 5.32 Å². The van der Waals surface area contributed by atoms with Crippen molar-refractivity contribution in [3.8, 4) is 0 Å². The lowest BCUT2D eigenvalue weighted by Gasteiger charge is -2.27. The normalized spacial score (nSPS) is 14.1. The predicted molar refractivity (Wildman–Crippen MR) is 247 cm³/mol. The van der Waals surface area contributed by atoms with E-state index in [1.807, 2.05) is 0 Å². The van der Waals surface area contributed by atoms with Gasteiger partial charge in [-0.2, -0.15) is 0 Å². The second-order valence-electron chi connectivity index (χ2n) is 17.5. The van der Waals surface area contributed by atoms with Crippen LogP contribution < -0.4 is 5.32 Å². The Hall–Kier alpha value is -1.21. The standard InChI is InChI=1S/C51H99NO5/c1-3-5-7-9-11-12-13-14-15-16-17-18-19-20-21-22-23-24-25-26-27-28-29-30-31-32-33-34-35-36-37-39-41-43-45-49(55)51(57)52-47(46-53)50(56)48(54)44-42-40-38-10-8-6-4-2/h19-20,22-23,47-50,53-56H,3-18,21,24-46H2,1-2H3,(H,52,57)/b20-19-,23-22-. The highest BCUT2D eigenvalue weighted by atomic mass is 16.3. The molecule has 0 aliphatic heterocycles. The lowest BCUT2D eigenvalue weighted by atomic mass is 9.99. The van der Waals surface area contributed by atoms with Crippen LogP contribution in [0.3, 0.4) is 0 Å². The van der Waals surface area contributed by atoms with Gasteiger partial charge in [-0.3, -0.25) is 4.79 Å². The molecule has 0 rings (SSSR count). The van der Waals surface area contributed by atoms with Crippen LogP contribution in [0.4, 0.5) is 0 Å². The Labute approximate surface area is 354 Å². The van der Waals surface area contributed by atoms with Gasteiger partial charge in [-0.05, 0) is 44.9 Å². The fourth-order valence-corrected chi connectivity index (χ4v) is 7.91. The zero-order valence-corrected chi connectivity index (χ0v) is 38.1. The van der Waals surface area contributed by atoms with Gasteiger partial charge in [0.25, 0.3) is 0 Å². The molecule has 0 bridgehead atoms. The minimum Gasteiger partial charge on any atom is -0.394 e. The maximum absolute atomic E-state index is 12.5. The summed E-state index contributed by atoms with van der Waals surface area (Å²) in [6, 6.07) is -0.980. The van der Waals surface area contributed by atoms with Crippen LogP contribution in [0.25, 0.3) is 0 Å². The van der Waals surface area contributed by atoms with Gasteiger partial charge in [0, 0.05) is 0 Å². The SMILES string of the molecule is CCCCCCCCCCCCC/C=C\C/C=C\CCCCCCCCCCCCCCCCCCC(O)C(=O)NC(CO)C(O)C(O)CCCCCCCCC. The number of hydrogen-bond donors (Lipinski definition) is 5. The smallest absolute Gasteiger partial charge is 0.249 e. The number of amides is 1. The minimum atomic E-state index is -1.25. The topological polar surface area (TPSA) is 110 Å². The highest BCUT2D eigenvalue weighted by Crippen LogP contribution is 2.17. The molecule has 5 N–H and O–H groups in total. The molecule has 0 saturated carbocycles. The number of unbranched alkanes of at least 4 members (excludes halogenated alkanes) is 33. The van der Waals surface area contributed by atoms with Crippen LogP contribution in [0.15, 0.2) is 24.3 Å². The molecular formula is C51H99NO5. The first-order chi connectivity index (χ1) is 28.0. The third-order valence-corrected chi connectivity index (χ3v) is 11.9. The largest absolute Gasteiger partial charge is 0.394 e. The summed E-state index contributed by atoms with van der Waals surface area (Å²) in [5, 5.41) is 43.4. The number of hydrogen-bond acceptors (Lipinski definition) is 5. The Balaban J connectivity index is 3.50. The van der Waals surface area contributed by atoms with Crippen molar-refractivity contribution in [2.45, 2.75) is 289 Å². The van der Waals surface area contributed by atoms with Gasteiger partial charge in [0.1, 0.15) is 12.2 Å². The van der Waals surface area contributed by atoms with E-state index in [2.05, 4.69) is 43.5 Å². The van der Waals surface area contributed by atoms with Crippen molar-refractivity contribution >= 4 is 5.91 Å². The number of aliphatic hydroxyl groups is 4. The number of aliphatic hydroxyl groups excluding tert-OH is 4. The summed E-state index contributed by atoms with van der Waals surface area (Å²) in [5.74, 6) is -0.585. The fraction of sp³-hybridized carbons (Fsp3) is 0.902. The summed E-state index contributed by atoms with van der Waals surface area (Å²) in [6.07, 6.45) is 54.2. The van der Waals surface area contributed by atoms with E-state index in [0.29, 0.717) is 12.8 Å². The first-order valence-corrected chi connectivity index (χ1v) is 25.2. The van der Waals surface area contributed by atoms with Crippen LogP contribution in [-0.4, -0.2) is 57.3 Å². The molecular weight excluding hydrogens is 707 g/mol. The Bertz CT molecular complexity index is 863. The van der Waals surface area contributed by atoms with Gasteiger partial charge in [-0.1, -0.05) is 244 Å². The number of carbonyl (C=O) groups excluding carboxylic acids is 1. The number of carbonyl (C=O) groups is 1. The molecule has 338 valence electrons. The number of rotatable bonds is 46. The third kappa shape index (κ3) is 40.0. The van der Waals surface area contributed by atoms with Crippen LogP contribution in [0.1, 0.15) is 264 Å². The Morgan fingerprint density at radius 2 is 0.754 bits per heavy atom. The fourth-order valence-electron chi connectivity index (χ4n) is 7.91. The average molecular weight is 806 g/mol. The molecule has 0 aromatic rings. The second kappa shape index (κ2) is 45.9. The Morgan fingerprint density at radius 1 is 0.439 bits per heavy atom. The molecule has 57 heavy (non-hydrogen) atoms. The van der Waals surface area contributed by atoms with E-state index in [1.165, 1.54) is 193 Å². The highest BCUT2D eigenvalue weighted by Gasteiger charge is 2.28. The summed E-state index contributed by atoms with van der Waals surface area (Å²) >= 11 is 0. The summed E-state index contributed by atoms with van der Waals surface area (Å²) in [6.45, 7) is 4.00. The van der Waals surface area contributed by atoms with Gasteiger partial charge in [0.05, 0.1) is 18.8 Å². The predicted octanol–water partition coefficient (Wildman–Crippen LogP) is 13.9. The van der Waals surface area contributed by atoms with Crippen LogP contribution in [0.5, 0.6) is 0 Å². The van der Waals surface area contributed by atoms with Gasteiger partial charge in [0.15, 0.2) is 0 Å². The Kier molecular flexibility index (Phi) is 44.9. The van der Waals surface area contributed by atoms with Gasteiger partial charge < -0.3 is 25.7 Å². The second-order valence-corrected chi connectivity index (χ2v) is 17.5. The van der Waals surface area contributed by atoms with E-state index in [0.717, 1.165) is 44.9 Å².